The van der Waals surface area contributed by atoms with Crippen LogP contribution in [0.3, 0.4) is 0 Å². The molecule has 0 saturated carbocycles. The first-order chi connectivity index (χ1) is 9.78. The maximum absolute atomic E-state index is 12.5. The summed E-state index contributed by atoms with van der Waals surface area (Å²) in [5, 5.41) is 3.79. The monoisotopic (exact) mass is 330 g/mol. The summed E-state index contributed by atoms with van der Waals surface area (Å²) in [7, 11) is -1.97. The number of hydrogen-bond acceptors (Lipinski definition) is 3. The van der Waals surface area contributed by atoms with Gasteiger partial charge >= 0.3 is 0 Å². The Morgan fingerprint density at radius 2 is 2.10 bits per heavy atom. The first-order valence-electron chi connectivity index (χ1n) is 6.89. The smallest absolute Gasteiger partial charge is 0.243 e. The molecule has 1 aromatic rings. The molecular formula is C15H23ClN2O2S. The molecule has 1 aromatic carbocycles. The third-order valence-corrected chi connectivity index (χ3v) is 5.13. The zero-order valence-electron chi connectivity index (χ0n) is 12.8. The number of nitrogens with zero attached hydrogens (tertiary/aromatic N) is 1. The number of sulfonamides is 1. The molecule has 1 rings (SSSR count). The van der Waals surface area contributed by atoms with Gasteiger partial charge in [0.05, 0.1) is 4.90 Å². The summed E-state index contributed by atoms with van der Waals surface area (Å²) in [5.41, 5.74) is 1.58. The topological polar surface area (TPSA) is 49.4 Å². The predicted octanol–water partition coefficient (Wildman–Crippen LogP) is 3.04. The van der Waals surface area contributed by atoms with Crippen molar-refractivity contribution >= 4 is 21.6 Å². The first-order valence-corrected chi connectivity index (χ1v) is 8.70. The summed E-state index contributed by atoms with van der Waals surface area (Å²) >= 11 is 6.13. The summed E-state index contributed by atoms with van der Waals surface area (Å²) in [6, 6.07) is 4.80. The highest BCUT2D eigenvalue weighted by molar-refractivity contribution is 7.89. The van der Waals surface area contributed by atoms with Crippen molar-refractivity contribution in [1.82, 2.24) is 9.62 Å². The molecule has 0 aliphatic carbocycles. The van der Waals surface area contributed by atoms with Crippen molar-refractivity contribution in [3.63, 3.8) is 0 Å². The molecule has 0 atom stereocenters. The number of hydrogen-bond donors (Lipinski definition) is 1. The zero-order chi connectivity index (χ0) is 16.0. The van der Waals surface area contributed by atoms with Gasteiger partial charge in [-0.15, -0.1) is 0 Å². The third kappa shape index (κ3) is 5.11. The predicted molar refractivity (Wildman–Crippen MR) is 88.1 cm³/mol. The van der Waals surface area contributed by atoms with E-state index in [0.717, 1.165) is 24.1 Å². The highest BCUT2D eigenvalue weighted by Gasteiger charge is 2.21. The van der Waals surface area contributed by atoms with Crippen LogP contribution in [0.1, 0.15) is 25.8 Å². The van der Waals surface area contributed by atoms with E-state index >= 15 is 0 Å². The number of likely N-dealkylation sites (N-methyl/N-ethyl adjacent to an activating group) is 1. The van der Waals surface area contributed by atoms with Crippen LogP contribution < -0.4 is 5.32 Å². The highest BCUT2D eigenvalue weighted by atomic mass is 35.5. The Morgan fingerprint density at radius 3 is 2.67 bits per heavy atom. The van der Waals surface area contributed by atoms with Gasteiger partial charge in [0.15, 0.2) is 0 Å². The van der Waals surface area contributed by atoms with E-state index < -0.39 is 10.0 Å². The van der Waals surface area contributed by atoms with Crippen molar-refractivity contribution in [1.29, 1.82) is 0 Å². The molecule has 0 amide bonds. The van der Waals surface area contributed by atoms with E-state index in [1.807, 2.05) is 0 Å². The second kappa shape index (κ2) is 7.94. The minimum absolute atomic E-state index is 0.254. The molecular weight excluding hydrogens is 308 g/mol. The molecule has 0 unspecified atom stereocenters. The average molecular weight is 331 g/mol. The Labute approximate surface area is 132 Å². The Bertz CT molecular complexity index is 600. The van der Waals surface area contributed by atoms with E-state index in [2.05, 4.69) is 18.8 Å². The number of rotatable bonds is 8. The first kappa shape index (κ1) is 18.2. The van der Waals surface area contributed by atoms with E-state index in [0.29, 0.717) is 18.1 Å². The van der Waals surface area contributed by atoms with Crippen molar-refractivity contribution in [2.24, 2.45) is 0 Å². The van der Waals surface area contributed by atoms with Crippen LogP contribution in [-0.2, 0) is 16.6 Å². The molecule has 0 radical (unpaired) electrons. The summed E-state index contributed by atoms with van der Waals surface area (Å²) in [6.45, 7) is 9.34. The van der Waals surface area contributed by atoms with Gasteiger partial charge in [-0.3, -0.25) is 0 Å². The lowest BCUT2D eigenvalue weighted by atomic mass is 10.2. The minimum Gasteiger partial charge on any atom is -0.313 e. The van der Waals surface area contributed by atoms with Gasteiger partial charge < -0.3 is 5.32 Å². The summed E-state index contributed by atoms with van der Waals surface area (Å²) in [4.78, 5) is 0.254. The zero-order valence-corrected chi connectivity index (χ0v) is 14.4. The van der Waals surface area contributed by atoms with Crippen LogP contribution in [0.25, 0.3) is 0 Å². The number of benzene rings is 1. The molecule has 1 N–H and O–H groups in total. The number of nitrogens with one attached hydrogen (secondary N) is 1. The molecule has 118 valence electrons. The largest absolute Gasteiger partial charge is 0.313 e. The third-order valence-electron chi connectivity index (χ3n) is 2.96. The maximum atomic E-state index is 12.5. The fourth-order valence-corrected chi connectivity index (χ4v) is 3.36. The van der Waals surface area contributed by atoms with Crippen LogP contribution in [0, 0.1) is 0 Å². The van der Waals surface area contributed by atoms with Gasteiger partial charge in [-0.1, -0.05) is 30.7 Å². The molecule has 4 nitrogen and oxygen atoms in total. The minimum atomic E-state index is -3.52. The van der Waals surface area contributed by atoms with Crippen LogP contribution in [0.4, 0.5) is 0 Å². The van der Waals surface area contributed by atoms with E-state index in [1.54, 1.807) is 26.1 Å². The van der Waals surface area contributed by atoms with Crippen LogP contribution in [-0.4, -0.2) is 32.9 Å². The van der Waals surface area contributed by atoms with E-state index in [9.17, 15) is 8.42 Å². The molecule has 0 heterocycles. The lowest BCUT2D eigenvalue weighted by molar-refractivity contribution is 0.493. The van der Waals surface area contributed by atoms with Crippen molar-refractivity contribution in [2.45, 2.75) is 31.7 Å². The normalized spacial score (nSPS) is 11.9. The van der Waals surface area contributed by atoms with Gasteiger partial charge in [0.1, 0.15) is 0 Å². The van der Waals surface area contributed by atoms with E-state index in [4.69, 9.17) is 11.6 Å². The Morgan fingerprint density at radius 1 is 1.43 bits per heavy atom. The van der Waals surface area contributed by atoms with Gasteiger partial charge in [-0.05, 0) is 43.7 Å². The Hall–Kier alpha value is -0.880. The average Bonchev–Trinajstić information content (AvgIpc) is 2.40. The molecule has 0 fully saturated rings. The number of halogens is 1. The molecule has 0 aromatic heterocycles. The van der Waals surface area contributed by atoms with E-state index in [1.165, 1.54) is 10.4 Å². The highest BCUT2D eigenvalue weighted by Crippen LogP contribution is 2.22. The van der Waals surface area contributed by atoms with Gasteiger partial charge in [-0.25, -0.2) is 8.42 Å². The SMILES string of the molecule is C=C(C)CN(C)S(=O)(=O)c1ccc(Cl)c(CNCCC)c1. The van der Waals surface area contributed by atoms with Crippen LogP contribution in [0.5, 0.6) is 0 Å². The van der Waals surface area contributed by atoms with Crippen molar-refractivity contribution in [2.75, 3.05) is 20.1 Å². The summed E-state index contributed by atoms with van der Waals surface area (Å²) in [5.74, 6) is 0. The van der Waals surface area contributed by atoms with E-state index in [-0.39, 0.29) is 4.90 Å². The maximum Gasteiger partial charge on any atom is 0.243 e. The van der Waals surface area contributed by atoms with Crippen molar-refractivity contribution in [3.05, 3.63) is 40.9 Å². The van der Waals surface area contributed by atoms with Crippen molar-refractivity contribution in [3.8, 4) is 0 Å². The van der Waals surface area contributed by atoms with Crippen LogP contribution in [0.15, 0.2) is 35.2 Å². The fourth-order valence-electron chi connectivity index (χ4n) is 1.89. The lowest BCUT2D eigenvalue weighted by Crippen LogP contribution is -2.28. The lowest BCUT2D eigenvalue weighted by Gasteiger charge is -2.18. The molecule has 6 heteroatoms. The standard InChI is InChI=1S/C15H23ClN2O2S/c1-5-8-17-10-13-9-14(6-7-15(13)16)21(19,20)18(4)11-12(2)3/h6-7,9,17H,2,5,8,10-11H2,1,3-4H3. The summed E-state index contributed by atoms with van der Waals surface area (Å²) < 4.78 is 26.3. The second-order valence-electron chi connectivity index (χ2n) is 5.15. The quantitative estimate of drug-likeness (QED) is 0.588. The fraction of sp³-hybridized carbons (Fsp3) is 0.467. The Kier molecular flexibility index (Phi) is 6.87. The van der Waals surface area contributed by atoms with Gasteiger partial charge in [0.25, 0.3) is 0 Å². The summed E-state index contributed by atoms with van der Waals surface area (Å²) in [6.07, 6.45) is 1.01. The van der Waals surface area contributed by atoms with Crippen LogP contribution in [0.2, 0.25) is 5.02 Å². The molecule has 0 bridgehead atoms. The molecule has 0 saturated heterocycles. The molecule has 21 heavy (non-hydrogen) atoms. The molecule has 0 aliphatic heterocycles. The van der Waals surface area contributed by atoms with Gasteiger partial charge in [0, 0.05) is 25.2 Å². The Balaban J connectivity index is 3.02. The van der Waals surface area contributed by atoms with Crippen LogP contribution >= 0.6 is 11.6 Å². The molecule has 0 spiro atoms. The second-order valence-corrected chi connectivity index (χ2v) is 7.60. The van der Waals surface area contributed by atoms with Gasteiger partial charge in [0.2, 0.25) is 10.0 Å². The van der Waals surface area contributed by atoms with Crippen molar-refractivity contribution < 1.29 is 8.42 Å². The van der Waals surface area contributed by atoms with Gasteiger partial charge in [-0.2, -0.15) is 4.31 Å². The molecule has 0 aliphatic rings.